The number of rotatable bonds is 8. The third-order valence-electron chi connectivity index (χ3n) is 2.34. The smallest absolute Gasteiger partial charge is 0.0587 e. The zero-order chi connectivity index (χ0) is 11.6. The van der Waals surface area contributed by atoms with E-state index in [1.165, 1.54) is 5.56 Å². The largest absolute Gasteiger partial charge is 0.383 e. The normalized spacial score (nSPS) is 12.6. The van der Waals surface area contributed by atoms with E-state index >= 15 is 0 Å². The first kappa shape index (κ1) is 13.1. The van der Waals surface area contributed by atoms with Crippen LogP contribution in [0, 0.1) is 0 Å². The maximum absolute atomic E-state index is 4.96. The third-order valence-corrected chi connectivity index (χ3v) is 2.34. The molecule has 0 amide bonds. The Bertz CT molecular complexity index is 266. The van der Waals surface area contributed by atoms with E-state index in [9.17, 15) is 0 Å². The lowest BCUT2D eigenvalue weighted by atomic mass is 10.2. The van der Waals surface area contributed by atoms with Crippen LogP contribution in [-0.2, 0) is 11.3 Å². The van der Waals surface area contributed by atoms with Gasteiger partial charge in [-0.3, -0.25) is 4.98 Å². The molecule has 0 aromatic carbocycles. The van der Waals surface area contributed by atoms with Crippen LogP contribution >= 0.6 is 0 Å². The summed E-state index contributed by atoms with van der Waals surface area (Å²) in [5.41, 5.74) is 1.26. The maximum Gasteiger partial charge on any atom is 0.0587 e. The van der Waals surface area contributed by atoms with Crippen molar-refractivity contribution in [2.24, 2.45) is 0 Å². The predicted octanol–water partition coefficient (Wildman–Crippen LogP) is 0.796. The molecule has 0 saturated carbocycles. The monoisotopic (exact) mass is 223 g/mol. The molecule has 16 heavy (non-hydrogen) atoms. The highest BCUT2D eigenvalue weighted by atomic mass is 16.5. The highest BCUT2D eigenvalue weighted by Gasteiger charge is 2.00. The molecule has 1 atom stereocenters. The molecule has 1 unspecified atom stereocenters. The molecule has 0 fully saturated rings. The van der Waals surface area contributed by atoms with Crippen molar-refractivity contribution < 1.29 is 4.74 Å². The Kier molecular flexibility index (Phi) is 6.72. The summed E-state index contributed by atoms with van der Waals surface area (Å²) in [6.45, 7) is 5.67. The van der Waals surface area contributed by atoms with E-state index in [-0.39, 0.29) is 0 Å². The Morgan fingerprint density at radius 3 is 2.81 bits per heavy atom. The van der Waals surface area contributed by atoms with Crippen molar-refractivity contribution >= 4 is 0 Å². The van der Waals surface area contributed by atoms with E-state index in [2.05, 4.69) is 22.5 Å². The fourth-order valence-electron chi connectivity index (χ4n) is 1.36. The maximum atomic E-state index is 4.96. The fourth-order valence-corrected chi connectivity index (χ4v) is 1.36. The molecule has 0 aliphatic carbocycles. The van der Waals surface area contributed by atoms with E-state index in [0.29, 0.717) is 6.04 Å². The molecule has 0 saturated heterocycles. The summed E-state index contributed by atoms with van der Waals surface area (Å²) >= 11 is 0. The lowest BCUT2D eigenvalue weighted by molar-refractivity contribution is 0.198. The molecule has 0 radical (unpaired) electrons. The van der Waals surface area contributed by atoms with Gasteiger partial charge in [-0.2, -0.15) is 0 Å². The molecule has 2 N–H and O–H groups in total. The Morgan fingerprint density at radius 1 is 1.38 bits per heavy atom. The van der Waals surface area contributed by atoms with Crippen molar-refractivity contribution in [1.29, 1.82) is 0 Å². The molecule has 0 spiro atoms. The van der Waals surface area contributed by atoms with E-state index in [0.717, 1.165) is 26.2 Å². The van der Waals surface area contributed by atoms with Crippen molar-refractivity contribution in [2.75, 3.05) is 26.8 Å². The van der Waals surface area contributed by atoms with E-state index < -0.39 is 0 Å². The Labute approximate surface area is 97.4 Å². The Balaban J connectivity index is 2.08. The number of aromatic nitrogens is 1. The number of nitrogens with one attached hydrogen (secondary N) is 2. The molecule has 4 nitrogen and oxygen atoms in total. The van der Waals surface area contributed by atoms with Crippen molar-refractivity contribution in [2.45, 2.75) is 19.5 Å². The van der Waals surface area contributed by atoms with Crippen LogP contribution in [0.5, 0.6) is 0 Å². The van der Waals surface area contributed by atoms with Crippen LogP contribution in [-0.4, -0.2) is 37.8 Å². The zero-order valence-corrected chi connectivity index (χ0v) is 10.1. The second-order valence-electron chi connectivity index (χ2n) is 3.83. The molecular formula is C12H21N3O. The summed E-state index contributed by atoms with van der Waals surface area (Å²) in [6, 6.07) is 4.50. The van der Waals surface area contributed by atoms with Crippen LogP contribution in [0.25, 0.3) is 0 Å². The first-order valence-corrected chi connectivity index (χ1v) is 5.65. The summed E-state index contributed by atoms with van der Waals surface area (Å²) in [5, 5.41) is 6.77. The van der Waals surface area contributed by atoms with Gasteiger partial charge in [0.25, 0.3) is 0 Å². The average Bonchev–Trinajstić information content (AvgIpc) is 2.33. The van der Waals surface area contributed by atoms with E-state index in [1.54, 1.807) is 7.11 Å². The van der Waals surface area contributed by atoms with E-state index in [4.69, 9.17) is 4.74 Å². The molecule has 1 aromatic rings. The highest BCUT2D eigenvalue weighted by Crippen LogP contribution is 1.95. The fraction of sp³-hybridized carbons (Fsp3) is 0.583. The minimum atomic E-state index is 0.449. The van der Waals surface area contributed by atoms with Gasteiger partial charge in [-0.1, -0.05) is 0 Å². The van der Waals surface area contributed by atoms with Gasteiger partial charge in [0.1, 0.15) is 0 Å². The number of ether oxygens (including phenoxy) is 1. The number of methoxy groups -OCH3 is 1. The van der Waals surface area contributed by atoms with Crippen molar-refractivity contribution in [3.8, 4) is 0 Å². The van der Waals surface area contributed by atoms with Crippen molar-refractivity contribution in [3.05, 3.63) is 30.1 Å². The summed E-state index contributed by atoms with van der Waals surface area (Å²) in [6.07, 6.45) is 3.64. The molecule has 1 aromatic heterocycles. The molecule has 1 rings (SSSR count). The summed E-state index contributed by atoms with van der Waals surface area (Å²) in [7, 11) is 1.72. The lowest BCUT2D eigenvalue weighted by Gasteiger charge is -2.14. The van der Waals surface area contributed by atoms with Crippen LogP contribution in [0.4, 0.5) is 0 Å². The van der Waals surface area contributed by atoms with Crippen LogP contribution in [0.3, 0.4) is 0 Å². The van der Waals surface area contributed by atoms with Gasteiger partial charge in [0.05, 0.1) is 6.61 Å². The van der Waals surface area contributed by atoms with Gasteiger partial charge < -0.3 is 15.4 Å². The first-order chi connectivity index (χ1) is 7.83. The number of hydrogen-bond donors (Lipinski definition) is 2. The lowest BCUT2D eigenvalue weighted by Crippen LogP contribution is -2.37. The molecular weight excluding hydrogens is 202 g/mol. The summed E-state index contributed by atoms with van der Waals surface area (Å²) < 4.78 is 4.96. The predicted molar refractivity (Wildman–Crippen MR) is 65.3 cm³/mol. The third kappa shape index (κ3) is 5.80. The summed E-state index contributed by atoms with van der Waals surface area (Å²) in [4.78, 5) is 3.99. The average molecular weight is 223 g/mol. The van der Waals surface area contributed by atoms with Crippen molar-refractivity contribution in [1.82, 2.24) is 15.6 Å². The van der Waals surface area contributed by atoms with Gasteiger partial charge in [-0.25, -0.2) is 0 Å². The zero-order valence-electron chi connectivity index (χ0n) is 10.1. The van der Waals surface area contributed by atoms with Gasteiger partial charge in [0.2, 0.25) is 0 Å². The number of hydrogen-bond acceptors (Lipinski definition) is 4. The molecule has 4 heteroatoms. The van der Waals surface area contributed by atoms with E-state index in [1.807, 2.05) is 24.5 Å². The van der Waals surface area contributed by atoms with Gasteiger partial charge in [-0.05, 0) is 24.6 Å². The van der Waals surface area contributed by atoms with Gasteiger partial charge in [-0.15, -0.1) is 0 Å². The van der Waals surface area contributed by atoms with Gasteiger partial charge in [0.15, 0.2) is 0 Å². The summed E-state index contributed by atoms with van der Waals surface area (Å²) in [5.74, 6) is 0. The molecule has 1 heterocycles. The second-order valence-corrected chi connectivity index (χ2v) is 3.83. The molecule has 0 aliphatic rings. The van der Waals surface area contributed by atoms with Gasteiger partial charge >= 0.3 is 0 Å². The quantitative estimate of drug-likeness (QED) is 0.640. The Morgan fingerprint density at radius 2 is 2.12 bits per heavy atom. The highest BCUT2D eigenvalue weighted by molar-refractivity contribution is 5.09. The molecule has 0 aliphatic heterocycles. The van der Waals surface area contributed by atoms with Crippen LogP contribution in [0.15, 0.2) is 24.5 Å². The first-order valence-electron chi connectivity index (χ1n) is 5.65. The molecule has 90 valence electrons. The second kappa shape index (κ2) is 8.21. The number of pyridine rings is 1. The Hall–Kier alpha value is -0.970. The van der Waals surface area contributed by atoms with Crippen LogP contribution in [0.2, 0.25) is 0 Å². The minimum Gasteiger partial charge on any atom is -0.383 e. The number of nitrogens with zero attached hydrogens (tertiary/aromatic N) is 1. The molecule has 0 bridgehead atoms. The SMILES string of the molecule is COCCNCC(C)NCc1ccncc1. The van der Waals surface area contributed by atoms with Crippen molar-refractivity contribution in [3.63, 3.8) is 0 Å². The van der Waals surface area contributed by atoms with Gasteiger partial charge in [0, 0.05) is 45.2 Å². The topological polar surface area (TPSA) is 46.2 Å². The van der Waals surface area contributed by atoms with Crippen LogP contribution in [0.1, 0.15) is 12.5 Å². The standard InChI is InChI=1S/C12H21N3O/c1-11(9-14-7-8-16-2)15-10-12-3-5-13-6-4-12/h3-6,11,14-15H,7-10H2,1-2H3. The minimum absolute atomic E-state index is 0.449. The van der Waals surface area contributed by atoms with Crippen LogP contribution < -0.4 is 10.6 Å².